The van der Waals surface area contributed by atoms with Crippen LogP contribution in [0.1, 0.15) is 10.4 Å². The average molecular weight is 271 g/mol. The van der Waals surface area contributed by atoms with Crippen molar-refractivity contribution < 1.29 is 19.4 Å². The Morgan fingerprint density at radius 3 is 2.50 bits per heavy atom. The molecule has 0 fully saturated rings. The Hall–Kier alpha value is -2.82. The summed E-state index contributed by atoms with van der Waals surface area (Å²) in [6.45, 7) is -0.386. The van der Waals surface area contributed by atoms with E-state index in [0.717, 1.165) is 0 Å². The number of hydrogen-bond donors (Lipinski definition) is 2. The van der Waals surface area contributed by atoms with Gasteiger partial charge in [0.1, 0.15) is 5.75 Å². The van der Waals surface area contributed by atoms with Crippen molar-refractivity contribution in [1.29, 1.82) is 0 Å². The maximum atomic E-state index is 11.6. The van der Waals surface area contributed by atoms with Gasteiger partial charge in [-0.25, -0.2) is 4.79 Å². The van der Waals surface area contributed by atoms with Gasteiger partial charge >= 0.3 is 5.97 Å². The van der Waals surface area contributed by atoms with Gasteiger partial charge in [0.25, 0.3) is 5.91 Å². The van der Waals surface area contributed by atoms with E-state index in [9.17, 15) is 14.7 Å². The number of amides is 1. The minimum absolute atomic E-state index is 0.0341. The Labute approximate surface area is 115 Å². The van der Waals surface area contributed by atoms with E-state index in [0.29, 0.717) is 5.69 Å². The molecule has 5 heteroatoms. The largest absolute Gasteiger partial charge is 0.508 e. The molecule has 2 N–H and O–H groups in total. The number of anilines is 1. The van der Waals surface area contributed by atoms with Crippen LogP contribution in [0.15, 0.2) is 54.6 Å². The maximum absolute atomic E-state index is 11.6. The van der Waals surface area contributed by atoms with Crippen LogP contribution in [-0.2, 0) is 9.53 Å². The van der Waals surface area contributed by atoms with Gasteiger partial charge in [0.15, 0.2) is 6.61 Å². The van der Waals surface area contributed by atoms with Gasteiger partial charge in [-0.15, -0.1) is 0 Å². The molecule has 2 aromatic rings. The van der Waals surface area contributed by atoms with E-state index in [4.69, 9.17) is 4.74 Å². The molecular weight excluding hydrogens is 258 g/mol. The van der Waals surface area contributed by atoms with Crippen molar-refractivity contribution in [2.24, 2.45) is 0 Å². The molecular formula is C15H13NO4. The summed E-state index contributed by atoms with van der Waals surface area (Å²) in [6.07, 6.45) is 0. The SMILES string of the molecule is O=C(COC(=O)c1cccc(O)c1)Nc1ccccc1. The summed E-state index contributed by atoms with van der Waals surface area (Å²) in [5.41, 5.74) is 0.823. The highest BCUT2D eigenvalue weighted by Gasteiger charge is 2.10. The van der Waals surface area contributed by atoms with E-state index in [1.165, 1.54) is 24.3 Å². The molecule has 0 aliphatic rings. The summed E-state index contributed by atoms with van der Waals surface area (Å²) in [5, 5.41) is 11.8. The molecule has 0 atom stereocenters. The zero-order valence-corrected chi connectivity index (χ0v) is 10.6. The minimum atomic E-state index is -0.663. The third-order valence-corrected chi connectivity index (χ3v) is 2.47. The molecule has 0 heterocycles. The van der Waals surface area contributed by atoms with E-state index in [1.54, 1.807) is 24.3 Å². The highest BCUT2D eigenvalue weighted by molar-refractivity contribution is 5.95. The summed E-state index contributed by atoms with van der Waals surface area (Å²) in [6, 6.07) is 14.6. The normalized spacial score (nSPS) is 9.80. The monoisotopic (exact) mass is 271 g/mol. The second-order valence-corrected chi connectivity index (χ2v) is 4.04. The number of hydrogen-bond acceptors (Lipinski definition) is 4. The van der Waals surface area contributed by atoms with E-state index in [1.807, 2.05) is 6.07 Å². The van der Waals surface area contributed by atoms with Crippen LogP contribution < -0.4 is 5.32 Å². The number of aromatic hydroxyl groups is 1. The van der Waals surface area contributed by atoms with Gasteiger partial charge in [-0.05, 0) is 30.3 Å². The topological polar surface area (TPSA) is 75.6 Å². The number of para-hydroxylation sites is 1. The zero-order chi connectivity index (χ0) is 14.4. The van der Waals surface area contributed by atoms with Crippen molar-refractivity contribution in [3.63, 3.8) is 0 Å². The van der Waals surface area contributed by atoms with Crippen LogP contribution in [-0.4, -0.2) is 23.6 Å². The number of ether oxygens (including phenoxy) is 1. The second-order valence-electron chi connectivity index (χ2n) is 4.04. The minimum Gasteiger partial charge on any atom is -0.508 e. The van der Waals surface area contributed by atoms with E-state index < -0.39 is 11.9 Å². The first kappa shape index (κ1) is 13.6. The van der Waals surface area contributed by atoms with Gasteiger partial charge in [0.2, 0.25) is 0 Å². The predicted molar refractivity (Wildman–Crippen MR) is 73.5 cm³/mol. The van der Waals surface area contributed by atoms with Crippen molar-refractivity contribution in [3.8, 4) is 5.75 Å². The molecule has 0 aliphatic heterocycles. The molecule has 0 saturated carbocycles. The maximum Gasteiger partial charge on any atom is 0.338 e. The Morgan fingerprint density at radius 2 is 1.80 bits per heavy atom. The highest BCUT2D eigenvalue weighted by Crippen LogP contribution is 2.12. The third kappa shape index (κ3) is 3.84. The first-order valence-corrected chi connectivity index (χ1v) is 5.96. The van der Waals surface area contributed by atoms with Crippen LogP contribution in [0.3, 0.4) is 0 Å². The number of phenolic OH excluding ortho intramolecular Hbond substituents is 1. The lowest BCUT2D eigenvalue weighted by Crippen LogP contribution is -2.20. The summed E-state index contributed by atoms with van der Waals surface area (Å²) in [4.78, 5) is 23.2. The third-order valence-electron chi connectivity index (χ3n) is 2.47. The molecule has 102 valence electrons. The highest BCUT2D eigenvalue weighted by atomic mass is 16.5. The van der Waals surface area contributed by atoms with Crippen LogP contribution >= 0.6 is 0 Å². The number of rotatable bonds is 4. The van der Waals surface area contributed by atoms with Crippen LogP contribution in [0, 0.1) is 0 Å². The second kappa shape index (κ2) is 6.38. The fourth-order valence-electron chi connectivity index (χ4n) is 1.57. The summed E-state index contributed by atoms with van der Waals surface area (Å²) in [5.74, 6) is -1.12. The van der Waals surface area contributed by atoms with E-state index >= 15 is 0 Å². The number of carbonyl (C=O) groups is 2. The molecule has 0 aromatic heterocycles. The molecule has 0 saturated heterocycles. The van der Waals surface area contributed by atoms with Gasteiger partial charge < -0.3 is 15.2 Å². The Bertz CT molecular complexity index is 610. The Morgan fingerprint density at radius 1 is 1.05 bits per heavy atom. The quantitative estimate of drug-likeness (QED) is 0.836. The summed E-state index contributed by atoms with van der Waals surface area (Å²) >= 11 is 0. The van der Waals surface area contributed by atoms with E-state index in [2.05, 4.69) is 5.32 Å². The molecule has 0 spiro atoms. The molecule has 20 heavy (non-hydrogen) atoms. The van der Waals surface area contributed by atoms with Crippen LogP contribution in [0.5, 0.6) is 5.75 Å². The van der Waals surface area contributed by atoms with E-state index in [-0.39, 0.29) is 17.9 Å². The smallest absolute Gasteiger partial charge is 0.338 e. The average Bonchev–Trinajstić information content (AvgIpc) is 2.46. The number of nitrogens with one attached hydrogen (secondary N) is 1. The molecule has 5 nitrogen and oxygen atoms in total. The molecule has 0 bridgehead atoms. The van der Waals surface area contributed by atoms with Crippen LogP contribution in [0.2, 0.25) is 0 Å². The summed E-state index contributed by atoms with van der Waals surface area (Å²) < 4.78 is 4.85. The lowest BCUT2D eigenvalue weighted by molar-refractivity contribution is -0.119. The zero-order valence-electron chi connectivity index (χ0n) is 10.6. The first-order chi connectivity index (χ1) is 9.65. The lowest BCUT2D eigenvalue weighted by atomic mass is 10.2. The van der Waals surface area contributed by atoms with Gasteiger partial charge in [0.05, 0.1) is 5.56 Å². The molecule has 1 amide bonds. The Kier molecular flexibility index (Phi) is 4.34. The number of esters is 1. The van der Waals surface area contributed by atoms with Crippen LogP contribution in [0.25, 0.3) is 0 Å². The first-order valence-electron chi connectivity index (χ1n) is 5.96. The number of phenols is 1. The number of carbonyl (C=O) groups excluding carboxylic acids is 2. The van der Waals surface area contributed by atoms with Gasteiger partial charge in [0, 0.05) is 5.69 Å². The van der Waals surface area contributed by atoms with Gasteiger partial charge in [-0.3, -0.25) is 4.79 Å². The molecule has 2 aromatic carbocycles. The lowest BCUT2D eigenvalue weighted by Gasteiger charge is -2.06. The Balaban J connectivity index is 1.86. The van der Waals surface area contributed by atoms with Crippen molar-refractivity contribution in [1.82, 2.24) is 0 Å². The fraction of sp³-hybridized carbons (Fsp3) is 0.0667. The van der Waals surface area contributed by atoms with Crippen molar-refractivity contribution in [2.45, 2.75) is 0 Å². The van der Waals surface area contributed by atoms with Crippen LogP contribution in [0.4, 0.5) is 5.69 Å². The molecule has 0 unspecified atom stereocenters. The molecule has 0 aliphatic carbocycles. The fourth-order valence-corrected chi connectivity index (χ4v) is 1.57. The molecule has 2 rings (SSSR count). The van der Waals surface area contributed by atoms with Gasteiger partial charge in [-0.2, -0.15) is 0 Å². The number of benzene rings is 2. The molecule has 0 radical (unpaired) electrons. The van der Waals surface area contributed by atoms with Crippen molar-refractivity contribution in [2.75, 3.05) is 11.9 Å². The summed E-state index contributed by atoms with van der Waals surface area (Å²) in [7, 11) is 0. The standard InChI is InChI=1S/C15H13NO4/c17-13-8-4-5-11(9-13)15(19)20-10-14(18)16-12-6-2-1-3-7-12/h1-9,17H,10H2,(H,16,18). The predicted octanol–water partition coefficient (Wildman–Crippen LogP) is 2.19. The van der Waals surface area contributed by atoms with Crippen molar-refractivity contribution >= 4 is 17.6 Å². The van der Waals surface area contributed by atoms with Crippen molar-refractivity contribution in [3.05, 3.63) is 60.2 Å². The van der Waals surface area contributed by atoms with Gasteiger partial charge in [-0.1, -0.05) is 24.3 Å².